The lowest BCUT2D eigenvalue weighted by atomic mass is 9.85. The van der Waals surface area contributed by atoms with Gasteiger partial charge in [0.15, 0.2) is 6.10 Å². The summed E-state index contributed by atoms with van der Waals surface area (Å²) in [5.41, 5.74) is 0. The van der Waals surface area contributed by atoms with Crippen LogP contribution >= 0.6 is 15.6 Å². The van der Waals surface area contributed by atoms with Crippen LogP contribution in [0.5, 0.6) is 0 Å². The molecular weight excluding hydrogens is 922 g/mol. The molecule has 19 heteroatoms. The highest BCUT2D eigenvalue weighted by Crippen LogP contribution is 2.49. The van der Waals surface area contributed by atoms with E-state index < -0.39 is 83.5 Å². The number of esters is 2. The summed E-state index contributed by atoms with van der Waals surface area (Å²) in [7, 11) is -10.7. The van der Waals surface area contributed by atoms with E-state index in [4.69, 9.17) is 23.3 Å². The van der Waals surface area contributed by atoms with Crippen LogP contribution in [-0.4, -0.2) is 115 Å². The molecule has 7 N–H and O–H groups in total. The zero-order valence-corrected chi connectivity index (χ0v) is 42.3. The van der Waals surface area contributed by atoms with Gasteiger partial charge in [0.2, 0.25) is 0 Å². The average molecular weight is 1010 g/mol. The fraction of sp³-hybridized carbons (Fsp3) is 0.755. The quantitative estimate of drug-likeness (QED) is 0.00993. The summed E-state index contributed by atoms with van der Waals surface area (Å²) in [6, 6.07) is 0. The zero-order chi connectivity index (χ0) is 50.0. The number of rotatable bonds is 40. The predicted molar refractivity (Wildman–Crippen MR) is 259 cm³/mol. The summed E-state index contributed by atoms with van der Waals surface area (Å²) in [5.74, 6) is -1.27. The second-order valence-electron chi connectivity index (χ2n) is 17.6. The molecule has 0 bridgehead atoms. The topological polar surface area (TPSA) is 269 Å². The fourth-order valence-corrected chi connectivity index (χ4v) is 9.02. The molecule has 0 amide bonds. The highest BCUT2D eigenvalue weighted by Gasteiger charge is 2.54. The van der Waals surface area contributed by atoms with Gasteiger partial charge in [0.1, 0.15) is 43.2 Å². The van der Waals surface area contributed by atoms with Gasteiger partial charge in [-0.3, -0.25) is 23.2 Å². The molecule has 1 saturated carbocycles. The number of unbranched alkanes of at least 4 members (excludes halogenated alkanes) is 13. The van der Waals surface area contributed by atoms with E-state index in [1.54, 1.807) is 0 Å². The first-order chi connectivity index (χ1) is 32.6. The molecule has 2 fully saturated rings. The number of allylic oxidation sites excluding steroid dienone is 9. The van der Waals surface area contributed by atoms with Crippen LogP contribution in [0, 0.1) is 0 Å². The Morgan fingerprint density at radius 1 is 0.544 bits per heavy atom. The largest absolute Gasteiger partial charge is 0.472 e. The van der Waals surface area contributed by atoms with Crippen molar-refractivity contribution in [3.8, 4) is 0 Å². The van der Waals surface area contributed by atoms with E-state index in [0.717, 1.165) is 89.9 Å². The van der Waals surface area contributed by atoms with Gasteiger partial charge in [-0.2, -0.15) is 0 Å². The van der Waals surface area contributed by atoms with Crippen molar-refractivity contribution in [3.63, 3.8) is 0 Å². The van der Waals surface area contributed by atoms with Crippen LogP contribution in [-0.2, 0) is 46.5 Å². The first-order valence-electron chi connectivity index (χ1n) is 25.0. The molecule has 17 nitrogen and oxygen atoms in total. The maximum Gasteiger partial charge on any atom is 0.472 e. The van der Waals surface area contributed by atoms with Crippen LogP contribution in [0.2, 0.25) is 0 Å². The third-order valence-corrected chi connectivity index (χ3v) is 13.0. The minimum atomic E-state index is -5.37. The number of phosphoric ester groups is 2. The molecule has 2 aliphatic rings. The normalized spacial score (nSPS) is 24.7. The van der Waals surface area contributed by atoms with Crippen molar-refractivity contribution in [2.45, 2.75) is 223 Å². The first-order valence-corrected chi connectivity index (χ1v) is 28.0. The molecule has 0 aromatic carbocycles. The molecule has 0 spiro atoms. The Hall–Kier alpha value is -2.34. The van der Waals surface area contributed by atoms with E-state index in [1.807, 2.05) is 0 Å². The number of ether oxygens (including phenoxy) is 3. The highest BCUT2D eigenvalue weighted by molar-refractivity contribution is 7.47. The number of aliphatic hydroxyl groups excluding tert-OH is 4. The lowest BCUT2D eigenvalue weighted by Gasteiger charge is -2.43. The average Bonchev–Trinajstić information content (AvgIpc) is 4.05. The predicted octanol–water partition coefficient (Wildman–Crippen LogP) is 8.83. The van der Waals surface area contributed by atoms with Gasteiger partial charge in [-0.1, -0.05) is 132 Å². The second-order valence-corrected chi connectivity index (χ2v) is 20.2. The first kappa shape index (κ1) is 61.8. The van der Waals surface area contributed by atoms with Gasteiger partial charge in [-0.25, -0.2) is 9.13 Å². The Kier molecular flexibility index (Phi) is 33.2. The third-order valence-electron chi connectivity index (χ3n) is 11.5. The Balaban J connectivity index is 1.79. The lowest BCUT2D eigenvalue weighted by Crippen LogP contribution is -2.64. The Morgan fingerprint density at radius 3 is 1.60 bits per heavy atom. The minimum absolute atomic E-state index is 0.0111. The molecule has 0 aromatic heterocycles. The lowest BCUT2D eigenvalue weighted by molar-refractivity contribution is -0.216. The number of aliphatic hydroxyl groups is 4. The van der Waals surface area contributed by atoms with Crippen LogP contribution in [0.25, 0.3) is 0 Å². The van der Waals surface area contributed by atoms with E-state index in [0.29, 0.717) is 25.0 Å². The summed E-state index contributed by atoms with van der Waals surface area (Å²) in [6.45, 7) is 3.01. The van der Waals surface area contributed by atoms with Crippen molar-refractivity contribution in [2.75, 3.05) is 13.2 Å². The summed E-state index contributed by atoms with van der Waals surface area (Å²) in [4.78, 5) is 54.4. The molecule has 2 rings (SSSR count). The smallest absolute Gasteiger partial charge is 0.462 e. The maximum atomic E-state index is 13.0. The summed E-state index contributed by atoms with van der Waals surface area (Å²) < 4.78 is 55.2. The molecule has 392 valence electrons. The number of epoxide rings is 1. The molecule has 1 saturated heterocycles. The van der Waals surface area contributed by atoms with E-state index in [1.165, 1.54) is 38.5 Å². The standard InChI is InChI=1S/C49H84O17P2/c1-3-5-7-9-11-12-13-14-15-16-17-18-19-20-21-22-23-27-31-35-42(50)61-37-39(38-62-68(59,60)66-49-46(54)44(52)45(53)48(47(49)55)65-67(56,57)58)63-43(51)36-32-28-24-26-30-34-41-40(64-41)33-29-25-10-8-6-4-2/h11-12,14-15,17-18,20-21,25,29,39-41,44-49,52-55H,3-10,13,16,19,22-24,26-28,30-38H2,1-2H3,(H,59,60)(H2,56,57,58)/b12-11-,15-14-,18-17-,21-20-,29-25-/t39-,40?,41?,44?,45?,46?,47?,48-,49+/m1/s1. The summed E-state index contributed by atoms with van der Waals surface area (Å²) >= 11 is 0. The molecule has 0 aromatic rings. The molecule has 7 unspecified atom stereocenters. The maximum absolute atomic E-state index is 13.0. The highest BCUT2D eigenvalue weighted by atomic mass is 31.2. The molecule has 10 atom stereocenters. The number of carbonyl (C=O) groups excluding carboxylic acids is 2. The monoisotopic (exact) mass is 1010 g/mol. The van der Waals surface area contributed by atoms with Crippen molar-refractivity contribution in [1.82, 2.24) is 0 Å². The Bertz CT molecular complexity index is 1610. The van der Waals surface area contributed by atoms with E-state index in [9.17, 15) is 53.8 Å². The van der Waals surface area contributed by atoms with Crippen LogP contribution in [0.1, 0.15) is 168 Å². The molecule has 1 aliphatic carbocycles. The number of hydrogen-bond acceptors (Lipinski definition) is 14. The van der Waals surface area contributed by atoms with E-state index in [-0.39, 0.29) is 12.8 Å². The van der Waals surface area contributed by atoms with Crippen molar-refractivity contribution >= 4 is 27.6 Å². The number of carbonyl (C=O) groups is 2. The number of hydrogen-bond donors (Lipinski definition) is 7. The van der Waals surface area contributed by atoms with Crippen LogP contribution in [0.3, 0.4) is 0 Å². The molecule has 1 heterocycles. The van der Waals surface area contributed by atoms with Crippen LogP contribution in [0.4, 0.5) is 0 Å². The van der Waals surface area contributed by atoms with E-state index in [2.05, 4.69) is 79.1 Å². The second kappa shape index (κ2) is 36.6. The zero-order valence-electron chi connectivity index (χ0n) is 40.5. The van der Waals surface area contributed by atoms with Crippen LogP contribution in [0.15, 0.2) is 60.8 Å². The van der Waals surface area contributed by atoms with Gasteiger partial charge in [0.05, 0.1) is 18.8 Å². The van der Waals surface area contributed by atoms with E-state index >= 15 is 0 Å². The third kappa shape index (κ3) is 29.8. The van der Waals surface area contributed by atoms with Crippen LogP contribution < -0.4 is 0 Å². The Morgan fingerprint density at radius 2 is 1.03 bits per heavy atom. The van der Waals surface area contributed by atoms with Gasteiger partial charge < -0.3 is 49.3 Å². The van der Waals surface area contributed by atoms with Gasteiger partial charge in [0.25, 0.3) is 0 Å². The van der Waals surface area contributed by atoms with Crippen molar-refractivity contribution in [2.24, 2.45) is 0 Å². The van der Waals surface area contributed by atoms with Crippen molar-refractivity contribution in [3.05, 3.63) is 60.8 Å². The SMILES string of the molecule is CCCCC/C=C\C/C=C\C/C=C\C/C=C\CCCCCC(=O)OC[C@H](COP(=O)(O)O[C@H]1C(O)C(O)C(O)[C@@H](OP(=O)(O)O)C1O)OC(=O)CCCCCCCC1OC1C/C=C\CCCCC. The van der Waals surface area contributed by atoms with Crippen molar-refractivity contribution in [1.29, 1.82) is 0 Å². The number of phosphoric acid groups is 2. The van der Waals surface area contributed by atoms with Gasteiger partial charge in [0, 0.05) is 12.8 Å². The molecule has 0 radical (unpaired) electrons. The molecular formula is C49H84O17P2. The summed E-state index contributed by atoms with van der Waals surface area (Å²) in [5, 5.41) is 41.3. The molecule has 68 heavy (non-hydrogen) atoms. The fourth-order valence-electron chi connectivity index (χ4n) is 7.49. The molecule has 1 aliphatic heterocycles. The van der Waals surface area contributed by atoms with Gasteiger partial charge in [-0.05, 0) is 83.5 Å². The minimum Gasteiger partial charge on any atom is -0.462 e. The van der Waals surface area contributed by atoms with Crippen molar-refractivity contribution < 1.29 is 81.6 Å². The Labute approximate surface area is 404 Å². The van der Waals surface area contributed by atoms with Gasteiger partial charge in [-0.15, -0.1) is 0 Å². The van der Waals surface area contributed by atoms with Gasteiger partial charge >= 0.3 is 27.6 Å². The summed E-state index contributed by atoms with van der Waals surface area (Å²) in [6.07, 6.45) is 29.0.